The minimum absolute atomic E-state index is 0.120. The molecule has 0 spiro atoms. The minimum atomic E-state index is -3.74. The number of hydrogen-bond acceptors (Lipinski definition) is 6. The van der Waals surface area contributed by atoms with Gasteiger partial charge in [0.2, 0.25) is 10.0 Å². The summed E-state index contributed by atoms with van der Waals surface area (Å²) in [6.07, 6.45) is 0. The van der Waals surface area contributed by atoms with Gasteiger partial charge < -0.3 is 19.9 Å². The van der Waals surface area contributed by atoms with E-state index in [1.807, 2.05) is 48.5 Å². The van der Waals surface area contributed by atoms with Gasteiger partial charge >= 0.3 is 0 Å². The molecular weight excluding hydrogens is 476 g/mol. The number of ether oxygens (including phenoxy) is 1. The molecule has 0 aromatic heterocycles. The summed E-state index contributed by atoms with van der Waals surface area (Å²) in [7, 11) is -3.74. The van der Waals surface area contributed by atoms with Crippen molar-refractivity contribution in [2.24, 2.45) is 0 Å². The summed E-state index contributed by atoms with van der Waals surface area (Å²) in [4.78, 5) is 18.0. The fourth-order valence-electron chi connectivity index (χ4n) is 4.63. The maximum absolute atomic E-state index is 13.4. The molecule has 3 aromatic rings. The van der Waals surface area contributed by atoms with E-state index in [0.29, 0.717) is 37.6 Å². The molecular formula is C27H30N4O4S. The van der Waals surface area contributed by atoms with Crippen LogP contribution in [0.15, 0.2) is 83.8 Å². The summed E-state index contributed by atoms with van der Waals surface area (Å²) in [5, 5.41) is 2.93. The van der Waals surface area contributed by atoms with E-state index in [0.717, 1.165) is 31.9 Å². The Morgan fingerprint density at radius 1 is 0.750 bits per heavy atom. The van der Waals surface area contributed by atoms with Crippen molar-refractivity contribution in [2.45, 2.75) is 4.90 Å². The molecule has 0 radical (unpaired) electrons. The second kappa shape index (κ2) is 10.7. The van der Waals surface area contributed by atoms with E-state index in [9.17, 15) is 13.2 Å². The van der Waals surface area contributed by atoms with Gasteiger partial charge in [0.15, 0.2) is 0 Å². The predicted molar refractivity (Wildman–Crippen MR) is 141 cm³/mol. The number of nitrogens with zero attached hydrogens (tertiary/aromatic N) is 3. The Kier molecular flexibility index (Phi) is 7.22. The highest BCUT2D eigenvalue weighted by Gasteiger charge is 2.29. The first-order chi connectivity index (χ1) is 17.5. The van der Waals surface area contributed by atoms with Gasteiger partial charge in [-0.25, -0.2) is 8.42 Å². The Morgan fingerprint density at radius 3 is 2.03 bits per heavy atom. The molecule has 188 valence electrons. The zero-order chi connectivity index (χ0) is 25.0. The van der Waals surface area contributed by atoms with Crippen molar-refractivity contribution in [3.05, 3.63) is 84.4 Å². The van der Waals surface area contributed by atoms with Crippen LogP contribution in [0, 0.1) is 0 Å². The third kappa shape index (κ3) is 5.23. The molecule has 5 rings (SSSR count). The number of anilines is 3. The zero-order valence-electron chi connectivity index (χ0n) is 20.0. The van der Waals surface area contributed by atoms with Gasteiger partial charge in [0.1, 0.15) is 0 Å². The Labute approximate surface area is 212 Å². The number of nitrogens with one attached hydrogen (secondary N) is 1. The van der Waals surface area contributed by atoms with Crippen LogP contribution in [-0.4, -0.2) is 71.1 Å². The molecule has 0 aliphatic carbocycles. The number of benzene rings is 3. The zero-order valence-corrected chi connectivity index (χ0v) is 20.9. The van der Waals surface area contributed by atoms with Gasteiger partial charge in [0, 0.05) is 56.3 Å². The molecule has 3 aromatic carbocycles. The van der Waals surface area contributed by atoms with Crippen LogP contribution in [-0.2, 0) is 14.8 Å². The molecule has 2 saturated heterocycles. The second-order valence-electron chi connectivity index (χ2n) is 8.83. The number of para-hydroxylation sites is 2. The van der Waals surface area contributed by atoms with E-state index in [1.165, 1.54) is 16.1 Å². The fourth-order valence-corrected chi connectivity index (χ4v) is 6.07. The van der Waals surface area contributed by atoms with Crippen molar-refractivity contribution >= 4 is 33.0 Å². The topological polar surface area (TPSA) is 82.2 Å². The van der Waals surface area contributed by atoms with Crippen molar-refractivity contribution in [1.29, 1.82) is 0 Å². The standard InChI is InChI=1S/C27H30N4O4S/c32-27(28-22-7-3-1-4-8-22)25-21-24(36(33,34)31-17-19-35-20-18-31)11-12-26(25)30-15-13-29(14-16-30)23-9-5-2-6-10-23/h1-12,21H,13-20H2,(H,28,32). The van der Waals surface area contributed by atoms with E-state index < -0.39 is 10.0 Å². The molecule has 2 heterocycles. The normalized spacial score (nSPS) is 17.1. The molecule has 0 saturated carbocycles. The lowest BCUT2D eigenvalue weighted by Crippen LogP contribution is -2.47. The molecule has 0 unspecified atom stereocenters. The summed E-state index contributed by atoms with van der Waals surface area (Å²) >= 11 is 0. The Balaban J connectivity index is 1.43. The van der Waals surface area contributed by atoms with E-state index in [4.69, 9.17) is 4.74 Å². The van der Waals surface area contributed by atoms with E-state index >= 15 is 0 Å². The molecule has 0 atom stereocenters. The average Bonchev–Trinajstić information content (AvgIpc) is 2.94. The van der Waals surface area contributed by atoms with Crippen LogP contribution in [0.5, 0.6) is 0 Å². The van der Waals surface area contributed by atoms with Crippen LogP contribution >= 0.6 is 0 Å². The fraction of sp³-hybridized carbons (Fsp3) is 0.296. The first kappa shape index (κ1) is 24.3. The van der Waals surface area contributed by atoms with Gasteiger partial charge in [0.25, 0.3) is 5.91 Å². The van der Waals surface area contributed by atoms with Crippen molar-refractivity contribution in [2.75, 3.05) is 67.6 Å². The summed E-state index contributed by atoms with van der Waals surface area (Å²) in [6.45, 7) is 4.38. The van der Waals surface area contributed by atoms with Crippen LogP contribution in [0.1, 0.15) is 10.4 Å². The second-order valence-corrected chi connectivity index (χ2v) is 10.8. The first-order valence-electron chi connectivity index (χ1n) is 12.2. The molecule has 2 aliphatic heterocycles. The average molecular weight is 507 g/mol. The van der Waals surface area contributed by atoms with Gasteiger partial charge in [-0.05, 0) is 42.5 Å². The third-order valence-corrected chi connectivity index (χ3v) is 8.49. The lowest BCUT2D eigenvalue weighted by atomic mass is 10.1. The van der Waals surface area contributed by atoms with Gasteiger partial charge in [-0.2, -0.15) is 4.31 Å². The van der Waals surface area contributed by atoms with Crippen LogP contribution in [0.4, 0.5) is 17.1 Å². The molecule has 2 aliphatic rings. The Morgan fingerprint density at radius 2 is 1.36 bits per heavy atom. The van der Waals surface area contributed by atoms with Crippen LogP contribution < -0.4 is 15.1 Å². The summed E-state index contributed by atoms with van der Waals surface area (Å²) in [5.41, 5.74) is 2.91. The van der Waals surface area contributed by atoms with E-state index in [1.54, 1.807) is 12.1 Å². The molecule has 1 amide bonds. The number of amides is 1. The summed E-state index contributed by atoms with van der Waals surface area (Å²) < 4.78 is 33.4. The molecule has 2 fully saturated rings. The molecule has 36 heavy (non-hydrogen) atoms. The largest absolute Gasteiger partial charge is 0.379 e. The maximum atomic E-state index is 13.4. The van der Waals surface area contributed by atoms with Crippen molar-refractivity contribution < 1.29 is 17.9 Å². The van der Waals surface area contributed by atoms with Crippen LogP contribution in [0.25, 0.3) is 0 Å². The molecule has 1 N–H and O–H groups in total. The monoisotopic (exact) mass is 506 g/mol. The Bertz CT molecular complexity index is 1290. The van der Waals surface area contributed by atoms with E-state index in [2.05, 4.69) is 27.2 Å². The third-order valence-electron chi connectivity index (χ3n) is 6.59. The molecule has 8 nitrogen and oxygen atoms in total. The Hall–Kier alpha value is -3.40. The quantitative estimate of drug-likeness (QED) is 0.553. The van der Waals surface area contributed by atoms with Gasteiger partial charge in [0.05, 0.1) is 23.7 Å². The van der Waals surface area contributed by atoms with Gasteiger partial charge in [-0.1, -0.05) is 36.4 Å². The van der Waals surface area contributed by atoms with Crippen LogP contribution in [0.3, 0.4) is 0 Å². The molecule has 0 bridgehead atoms. The molecule has 9 heteroatoms. The maximum Gasteiger partial charge on any atom is 0.257 e. The lowest BCUT2D eigenvalue weighted by molar-refractivity contribution is 0.0730. The van der Waals surface area contributed by atoms with E-state index in [-0.39, 0.29) is 10.8 Å². The number of carbonyl (C=O) groups is 1. The number of sulfonamides is 1. The van der Waals surface area contributed by atoms with Crippen molar-refractivity contribution in [3.63, 3.8) is 0 Å². The summed E-state index contributed by atoms with van der Waals surface area (Å²) in [6, 6.07) is 24.3. The first-order valence-corrected chi connectivity index (χ1v) is 13.6. The van der Waals surface area contributed by atoms with Gasteiger partial charge in [-0.3, -0.25) is 4.79 Å². The number of hydrogen-bond donors (Lipinski definition) is 1. The minimum Gasteiger partial charge on any atom is -0.379 e. The predicted octanol–water partition coefficient (Wildman–Crippen LogP) is 3.29. The van der Waals surface area contributed by atoms with Gasteiger partial charge in [-0.15, -0.1) is 0 Å². The number of carbonyl (C=O) groups excluding carboxylic acids is 1. The van der Waals surface area contributed by atoms with Crippen LogP contribution in [0.2, 0.25) is 0 Å². The lowest BCUT2D eigenvalue weighted by Gasteiger charge is -2.38. The summed E-state index contributed by atoms with van der Waals surface area (Å²) in [5.74, 6) is -0.333. The van der Waals surface area contributed by atoms with Crippen molar-refractivity contribution in [3.8, 4) is 0 Å². The number of rotatable bonds is 6. The van der Waals surface area contributed by atoms with Crippen molar-refractivity contribution in [1.82, 2.24) is 4.31 Å². The number of morpholine rings is 1. The highest BCUT2D eigenvalue weighted by molar-refractivity contribution is 7.89. The SMILES string of the molecule is O=C(Nc1ccccc1)c1cc(S(=O)(=O)N2CCOCC2)ccc1N1CCN(c2ccccc2)CC1. The highest BCUT2D eigenvalue weighted by Crippen LogP contribution is 2.29. The highest BCUT2D eigenvalue weighted by atomic mass is 32.2. The number of piperazine rings is 1. The smallest absolute Gasteiger partial charge is 0.257 e.